The van der Waals surface area contributed by atoms with Gasteiger partial charge in [-0.1, -0.05) is 50.8 Å². The Morgan fingerprint density at radius 3 is 2.44 bits per heavy atom. The van der Waals surface area contributed by atoms with Gasteiger partial charge in [0.2, 0.25) is 23.6 Å². The molecule has 4 amide bonds. The molecule has 14 heteroatoms. The number of rotatable bonds is 5. The van der Waals surface area contributed by atoms with E-state index in [1.165, 1.54) is 16.9 Å². The fraction of sp³-hybridized carbons (Fsp3) is 0.293. The molecule has 6 atom stereocenters. The molecular formula is C41H33BrCl2N4O6S. The molecule has 1 saturated carbocycles. The summed E-state index contributed by atoms with van der Waals surface area (Å²) in [6.45, 7) is 3.80. The van der Waals surface area contributed by atoms with Crippen LogP contribution in [0.1, 0.15) is 36.8 Å². The summed E-state index contributed by atoms with van der Waals surface area (Å²) in [5.74, 6) is -4.82. The first-order chi connectivity index (χ1) is 26.2. The number of nitrogens with zero attached hydrogens (tertiary/aromatic N) is 4. The van der Waals surface area contributed by atoms with Gasteiger partial charge in [0.15, 0.2) is 11.5 Å². The van der Waals surface area contributed by atoms with Gasteiger partial charge in [-0.15, -0.1) is 11.3 Å². The summed E-state index contributed by atoms with van der Waals surface area (Å²) in [5, 5.41) is 17.2. The Bertz CT molecular complexity index is 2570. The van der Waals surface area contributed by atoms with Crippen molar-refractivity contribution < 1.29 is 29.0 Å². The Hall–Kier alpha value is -4.49. The number of carbonyl (C=O) groups is 4. The number of aromatic nitrogens is 2. The van der Waals surface area contributed by atoms with Gasteiger partial charge in [0.1, 0.15) is 11.5 Å². The summed E-state index contributed by atoms with van der Waals surface area (Å²) in [6.07, 6.45) is 2.43. The van der Waals surface area contributed by atoms with Gasteiger partial charge in [-0.25, -0.2) is 4.90 Å². The van der Waals surface area contributed by atoms with E-state index in [4.69, 9.17) is 33.0 Å². The van der Waals surface area contributed by atoms with Crippen LogP contribution in [0.3, 0.4) is 0 Å². The number of amides is 4. The third-order valence-corrected chi connectivity index (χ3v) is 14.5. The van der Waals surface area contributed by atoms with Crippen molar-refractivity contribution in [3.63, 3.8) is 0 Å². The Morgan fingerprint density at radius 1 is 0.964 bits per heavy atom. The number of halogens is 3. The second kappa shape index (κ2) is 12.8. The number of anilines is 2. The van der Waals surface area contributed by atoms with Crippen molar-refractivity contribution >= 4 is 95.7 Å². The average Bonchev–Trinajstić information content (AvgIpc) is 3.83. The summed E-state index contributed by atoms with van der Waals surface area (Å²) in [7, 11) is 3.12. The zero-order valence-electron chi connectivity index (χ0n) is 30.0. The molecule has 3 aromatic carbocycles. The number of methoxy groups -OCH3 is 1. The second-order valence-corrected chi connectivity index (χ2v) is 17.7. The molecule has 2 aliphatic carbocycles. The molecule has 280 valence electrons. The molecule has 3 fully saturated rings. The highest BCUT2D eigenvalue weighted by Gasteiger charge is 2.68. The molecule has 5 aromatic rings. The van der Waals surface area contributed by atoms with E-state index in [-0.39, 0.29) is 41.2 Å². The lowest BCUT2D eigenvalue weighted by Gasteiger charge is -2.49. The van der Waals surface area contributed by atoms with Crippen LogP contribution < -0.4 is 14.5 Å². The first-order valence-corrected chi connectivity index (χ1v) is 20.1. The zero-order valence-corrected chi connectivity index (χ0v) is 33.9. The molecule has 0 unspecified atom stereocenters. The summed E-state index contributed by atoms with van der Waals surface area (Å²) in [5.41, 5.74) is 2.07. The normalized spacial score (nSPS) is 26.1. The van der Waals surface area contributed by atoms with Crippen LogP contribution in [0.4, 0.5) is 11.5 Å². The minimum absolute atomic E-state index is 0.0179. The van der Waals surface area contributed by atoms with Crippen molar-refractivity contribution in [3.8, 4) is 22.1 Å². The number of benzene rings is 3. The maximum absolute atomic E-state index is 15.2. The number of phenols is 1. The van der Waals surface area contributed by atoms with Crippen LogP contribution in [0.2, 0.25) is 10.0 Å². The van der Waals surface area contributed by atoms with Crippen LogP contribution >= 0.6 is 50.5 Å². The van der Waals surface area contributed by atoms with Crippen molar-refractivity contribution in [2.24, 2.45) is 36.1 Å². The Kier molecular flexibility index (Phi) is 8.40. The molecule has 4 aliphatic rings. The van der Waals surface area contributed by atoms with Gasteiger partial charge in [0, 0.05) is 33.2 Å². The molecule has 0 bridgehead atoms. The molecular weight excluding hydrogens is 827 g/mol. The number of allylic oxidation sites excluding steroid dienone is 2. The van der Waals surface area contributed by atoms with E-state index in [1.807, 2.05) is 31.2 Å². The molecule has 10 nitrogen and oxygen atoms in total. The quantitative estimate of drug-likeness (QED) is 0.139. The average molecular weight is 861 g/mol. The van der Waals surface area contributed by atoms with Crippen molar-refractivity contribution in [3.05, 3.63) is 98.0 Å². The SMILES string of the molecule is COc1cc([C@H]2C3=CC[C@@H]4C(=O)N(c5ccc(Br)cc5)C(=O)[C@@H]4[C@@H]3C[C@H]3C(=O)N(c4cc(-c5sc6ccc(Cl)cc6c5C)nn4C)C(=O)[C@@]23C)cc(Cl)c1O. The van der Waals surface area contributed by atoms with Gasteiger partial charge in [-0.05, 0) is 104 Å². The zero-order chi connectivity index (χ0) is 38.8. The Balaban J connectivity index is 1.17. The largest absolute Gasteiger partial charge is 0.503 e. The lowest BCUT2D eigenvalue weighted by atomic mass is 9.51. The first kappa shape index (κ1) is 36.2. The predicted molar refractivity (Wildman–Crippen MR) is 215 cm³/mol. The summed E-state index contributed by atoms with van der Waals surface area (Å²) >= 11 is 17.9. The Labute approximate surface area is 338 Å². The number of hydrogen-bond acceptors (Lipinski definition) is 8. The van der Waals surface area contributed by atoms with Gasteiger partial charge >= 0.3 is 0 Å². The fourth-order valence-electron chi connectivity index (χ4n) is 9.59. The summed E-state index contributed by atoms with van der Waals surface area (Å²) in [6, 6.07) is 17.7. The van der Waals surface area contributed by atoms with Gasteiger partial charge in [-0.2, -0.15) is 5.10 Å². The van der Waals surface area contributed by atoms with Gasteiger partial charge in [-0.3, -0.25) is 28.8 Å². The summed E-state index contributed by atoms with van der Waals surface area (Å²) < 4.78 is 8.90. The lowest BCUT2D eigenvalue weighted by Crippen LogP contribution is -2.49. The number of phenolic OH excluding ortho intramolecular Hbond substituents is 1. The lowest BCUT2D eigenvalue weighted by molar-refractivity contribution is -0.131. The van der Waals surface area contributed by atoms with E-state index < -0.39 is 46.8 Å². The molecule has 2 saturated heterocycles. The molecule has 9 rings (SSSR count). The molecule has 1 N–H and O–H groups in total. The molecule has 2 aromatic heterocycles. The van der Waals surface area contributed by atoms with Crippen molar-refractivity contribution in [1.82, 2.24) is 9.78 Å². The first-order valence-electron chi connectivity index (χ1n) is 17.8. The number of imide groups is 2. The minimum Gasteiger partial charge on any atom is -0.503 e. The van der Waals surface area contributed by atoms with E-state index in [0.717, 1.165) is 30.6 Å². The molecule has 4 heterocycles. The van der Waals surface area contributed by atoms with Crippen LogP contribution in [0.5, 0.6) is 11.5 Å². The molecule has 2 aliphatic heterocycles. The molecule has 0 spiro atoms. The number of hydrogen-bond donors (Lipinski definition) is 1. The number of thiophene rings is 1. The van der Waals surface area contributed by atoms with Gasteiger partial charge in [0.25, 0.3) is 0 Å². The van der Waals surface area contributed by atoms with Crippen LogP contribution in [-0.4, -0.2) is 45.6 Å². The van der Waals surface area contributed by atoms with Gasteiger partial charge in [0.05, 0.1) is 45.9 Å². The van der Waals surface area contributed by atoms with Crippen LogP contribution in [0.25, 0.3) is 20.7 Å². The van der Waals surface area contributed by atoms with Crippen molar-refractivity contribution in [2.75, 3.05) is 16.9 Å². The van der Waals surface area contributed by atoms with E-state index in [2.05, 4.69) is 15.9 Å². The molecule has 55 heavy (non-hydrogen) atoms. The number of aromatic hydroxyl groups is 1. The fourth-order valence-corrected chi connectivity index (χ4v) is 11.4. The van der Waals surface area contributed by atoms with E-state index in [1.54, 1.807) is 72.5 Å². The van der Waals surface area contributed by atoms with E-state index in [0.29, 0.717) is 27.8 Å². The third kappa shape index (κ3) is 5.14. The van der Waals surface area contributed by atoms with Crippen molar-refractivity contribution in [2.45, 2.75) is 32.6 Å². The highest BCUT2D eigenvalue weighted by atomic mass is 79.9. The van der Waals surface area contributed by atoms with Crippen LogP contribution in [0, 0.1) is 36.0 Å². The van der Waals surface area contributed by atoms with Gasteiger partial charge < -0.3 is 9.84 Å². The number of fused-ring (bicyclic) bond motifs is 5. The monoisotopic (exact) mass is 858 g/mol. The maximum atomic E-state index is 15.2. The predicted octanol–water partition coefficient (Wildman–Crippen LogP) is 8.83. The molecule has 0 radical (unpaired) electrons. The Morgan fingerprint density at radius 2 is 1.71 bits per heavy atom. The topological polar surface area (TPSA) is 122 Å². The number of carbonyl (C=O) groups excluding carboxylic acids is 4. The summed E-state index contributed by atoms with van der Waals surface area (Å²) in [4.78, 5) is 61.9. The highest BCUT2D eigenvalue weighted by Crippen LogP contribution is 2.64. The minimum atomic E-state index is -1.34. The van der Waals surface area contributed by atoms with Crippen LogP contribution in [-0.2, 0) is 26.2 Å². The number of ether oxygens (including phenoxy) is 1. The smallest absolute Gasteiger partial charge is 0.242 e. The maximum Gasteiger partial charge on any atom is 0.242 e. The highest BCUT2D eigenvalue weighted by molar-refractivity contribution is 9.10. The number of aryl methyl sites for hydroxylation is 2. The van der Waals surface area contributed by atoms with Crippen LogP contribution in [0.15, 0.2) is 76.8 Å². The third-order valence-electron chi connectivity index (χ3n) is 12.2. The van der Waals surface area contributed by atoms with E-state index in [9.17, 15) is 19.5 Å². The van der Waals surface area contributed by atoms with E-state index >= 15 is 4.79 Å². The van der Waals surface area contributed by atoms with Crippen molar-refractivity contribution in [1.29, 1.82) is 0 Å². The standard InChI is InChI=1S/C41H33BrCl2N4O6S/c1-18-25-15-21(43)7-12-31(25)55-36(18)29-17-32(46(3)45-29)48-38(51)27-16-26-23(34(41(27,2)40(48)53)19-13-28(44)35(49)30(14-19)54-4)10-11-24-33(26)39(52)47(37(24)50)22-8-5-20(42)6-9-22/h5-10,12-15,17,24,26-27,33-34,49H,11,16H2,1-4H3/t24-,26+,27-,33-,34-,41+/m0/s1. The second-order valence-electron chi connectivity index (χ2n) is 14.9.